The number of ether oxygens (including phenoxy) is 1. The maximum Gasteiger partial charge on any atom is 0.141 e. The van der Waals surface area contributed by atoms with E-state index in [1.54, 1.807) is 11.3 Å². The number of thiophene rings is 1. The van der Waals surface area contributed by atoms with Crippen molar-refractivity contribution in [2.45, 2.75) is 58.5 Å². The van der Waals surface area contributed by atoms with Crippen molar-refractivity contribution in [1.82, 2.24) is 9.97 Å². The van der Waals surface area contributed by atoms with E-state index in [0.717, 1.165) is 54.9 Å². The molecule has 2 fully saturated rings. The number of nitrogens with zero attached hydrogens (tertiary/aromatic N) is 3. The summed E-state index contributed by atoms with van der Waals surface area (Å²) in [5, 5.41) is 3.44. The smallest absolute Gasteiger partial charge is 0.141 e. The van der Waals surface area contributed by atoms with Crippen molar-refractivity contribution in [2.75, 3.05) is 24.6 Å². The fourth-order valence-electron chi connectivity index (χ4n) is 4.08. The van der Waals surface area contributed by atoms with E-state index in [0.29, 0.717) is 6.10 Å². The van der Waals surface area contributed by atoms with Gasteiger partial charge in [0.2, 0.25) is 0 Å². The van der Waals surface area contributed by atoms with Gasteiger partial charge < -0.3 is 9.64 Å². The fourth-order valence-corrected chi connectivity index (χ4v) is 5.04. The van der Waals surface area contributed by atoms with Crippen molar-refractivity contribution < 1.29 is 4.74 Å². The zero-order valence-electron chi connectivity index (χ0n) is 14.8. The molecular weight excluding hydrogens is 318 g/mol. The summed E-state index contributed by atoms with van der Waals surface area (Å²) in [4.78, 5) is 12.9. The second-order valence-electron chi connectivity index (χ2n) is 7.36. The van der Waals surface area contributed by atoms with E-state index >= 15 is 0 Å². The quantitative estimate of drug-likeness (QED) is 0.819. The number of hydrogen-bond donors (Lipinski definition) is 0. The first-order chi connectivity index (χ1) is 11.7. The molecule has 0 spiro atoms. The molecule has 0 bridgehead atoms. The summed E-state index contributed by atoms with van der Waals surface area (Å²) < 4.78 is 6.21. The van der Waals surface area contributed by atoms with Crippen LogP contribution in [0.1, 0.15) is 49.9 Å². The second kappa shape index (κ2) is 6.96. The molecule has 2 aliphatic rings. The highest BCUT2D eigenvalue weighted by Gasteiger charge is 2.25. The maximum atomic E-state index is 6.21. The minimum absolute atomic E-state index is 0.434. The van der Waals surface area contributed by atoms with Gasteiger partial charge in [0, 0.05) is 19.7 Å². The van der Waals surface area contributed by atoms with E-state index in [4.69, 9.17) is 9.72 Å². The third-order valence-corrected chi connectivity index (χ3v) is 6.48. The van der Waals surface area contributed by atoms with E-state index in [1.807, 2.05) is 6.92 Å². The van der Waals surface area contributed by atoms with Crippen molar-refractivity contribution in [3.63, 3.8) is 0 Å². The molecule has 0 atom stereocenters. The molecule has 130 valence electrons. The Morgan fingerprint density at radius 1 is 1.12 bits per heavy atom. The van der Waals surface area contributed by atoms with Crippen molar-refractivity contribution >= 4 is 27.4 Å². The zero-order chi connectivity index (χ0) is 16.5. The maximum absolute atomic E-state index is 6.21. The zero-order valence-corrected chi connectivity index (χ0v) is 15.6. The number of aryl methyl sites for hydroxylation is 2. The lowest BCUT2D eigenvalue weighted by molar-refractivity contribution is 0.0164. The Bertz CT molecular complexity index is 700. The monoisotopic (exact) mass is 345 g/mol. The molecule has 1 saturated heterocycles. The SMILES string of the molecule is Cc1nc(N2CCC(OCC3CCCC3)CC2)c2c(C)csc2n1. The van der Waals surface area contributed by atoms with Gasteiger partial charge in [0.15, 0.2) is 0 Å². The molecule has 0 N–H and O–H groups in total. The first-order valence-electron chi connectivity index (χ1n) is 9.29. The molecule has 4 rings (SSSR count). The van der Waals surface area contributed by atoms with Crippen molar-refractivity contribution in [3.05, 3.63) is 16.8 Å². The standard InChI is InChI=1S/C19H27N3OS/c1-13-12-24-19-17(13)18(20-14(2)21-19)22-9-7-16(8-10-22)23-11-15-5-3-4-6-15/h12,15-16H,3-11H2,1-2H3. The summed E-state index contributed by atoms with van der Waals surface area (Å²) in [6, 6.07) is 0. The van der Waals surface area contributed by atoms with Crippen LogP contribution in [0.3, 0.4) is 0 Å². The molecule has 24 heavy (non-hydrogen) atoms. The number of hydrogen-bond acceptors (Lipinski definition) is 5. The first-order valence-corrected chi connectivity index (χ1v) is 10.2. The summed E-state index contributed by atoms with van der Waals surface area (Å²) in [5.41, 5.74) is 1.30. The Kier molecular flexibility index (Phi) is 4.72. The molecule has 0 radical (unpaired) electrons. The second-order valence-corrected chi connectivity index (χ2v) is 8.22. The van der Waals surface area contributed by atoms with Crippen LogP contribution in [0.4, 0.5) is 5.82 Å². The molecule has 0 amide bonds. The molecule has 1 saturated carbocycles. The summed E-state index contributed by atoms with van der Waals surface area (Å²) in [7, 11) is 0. The Hall–Kier alpha value is -1.20. The molecule has 0 unspecified atom stereocenters. The van der Waals surface area contributed by atoms with Gasteiger partial charge in [0.25, 0.3) is 0 Å². The number of anilines is 1. The summed E-state index contributed by atoms with van der Waals surface area (Å²) in [6.45, 7) is 7.21. The lowest BCUT2D eigenvalue weighted by Gasteiger charge is -2.33. The largest absolute Gasteiger partial charge is 0.378 e. The van der Waals surface area contributed by atoms with Gasteiger partial charge in [-0.3, -0.25) is 0 Å². The molecule has 1 aliphatic heterocycles. The van der Waals surface area contributed by atoms with Crippen LogP contribution < -0.4 is 4.90 Å². The van der Waals surface area contributed by atoms with Gasteiger partial charge >= 0.3 is 0 Å². The van der Waals surface area contributed by atoms with Gasteiger partial charge in [-0.2, -0.15) is 0 Å². The van der Waals surface area contributed by atoms with Gasteiger partial charge in [0.1, 0.15) is 16.5 Å². The topological polar surface area (TPSA) is 38.2 Å². The van der Waals surface area contributed by atoms with Crippen molar-refractivity contribution in [3.8, 4) is 0 Å². The molecule has 5 heteroatoms. The molecule has 2 aromatic rings. The molecule has 4 nitrogen and oxygen atoms in total. The van der Waals surface area contributed by atoms with Crippen LogP contribution in [0.25, 0.3) is 10.2 Å². The predicted molar refractivity (Wildman–Crippen MR) is 100 cm³/mol. The third kappa shape index (κ3) is 3.29. The van der Waals surface area contributed by atoms with E-state index in [9.17, 15) is 0 Å². The minimum atomic E-state index is 0.434. The first kappa shape index (κ1) is 16.3. The number of rotatable bonds is 4. The van der Waals surface area contributed by atoms with Crippen LogP contribution in [0.15, 0.2) is 5.38 Å². The Morgan fingerprint density at radius 2 is 1.88 bits per heavy atom. The van der Waals surface area contributed by atoms with Crippen LogP contribution in [0.5, 0.6) is 0 Å². The summed E-state index contributed by atoms with van der Waals surface area (Å²) in [5.74, 6) is 2.82. The van der Waals surface area contributed by atoms with Crippen LogP contribution >= 0.6 is 11.3 Å². The predicted octanol–water partition coefficient (Wildman–Crippen LogP) is 4.48. The summed E-state index contributed by atoms with van der Waals surface area (Å²) in [6.07, 6.45) is 8.19. The molecular formula is C19H27N3OS. The van der Waals surface area contributed by atoms with E-state index in [1.165, 1.54) is 36.6 Å². The molecule has 3 heterocycles. The van der Waals surface area contributed by atoms with E-state index in [2.05, 4.69) is 22.2 Å². The van der Waals surface area contributed by atoms with Gasteiger partial charge in [-0.1, -0.05) is 12.8 Å². The van der Waals surface area contributed by atoms with Gasteiger partial charge in [-0.05, 0) is 56.4 Å². The van der Waals surface area contributed by atoms with E-state index in [-0.39, 0.29) is 0 Å². The Morgan fingerprint density at radius 3 is 2.62 bits per heavy atom. The van der Waals surface area contributed by atoms with E-state index < -0.39 is 0 Å². The average Bonchev–Trinajstić information content (AvgIpc) is 3.23. The Balaban J connectivity index is 1.41. The van der Waals surface area contributed by atoms with Crippen LogP contribution in [0.2, 0.25) is 0 Å². The highest BCUT2D eigenvalue weighted by molar-refractivity contribution is 7.17. The molecule has 2 aromatic heterocycles. The molecule has 0 aromatic carbocycles. The van der Waals surface area contributed by atoms with Crippen molar-refractivity contribution in [1.29, 1.82) is 0 Å². The molecule has 1 aliphatic carbocycles. The highest BCUT2D eigenvalue weighted by Crippen LogP contribution is 2.33. The minimum Gasteiger partial charge on any atom is -0.378 e. The van der Waals surface area contributed by atoms with Crippen LogP contribution in [-0.4, -0.2) is 35.8 Å². The number of fused-ring (bicyclic) bond motifs is 1. The van der Waals surface area contributed by atoms with Crippen LogP contribution in [0, 0.1) is 19.8 Å². The normalized spacial score (nSPS) is 20.3. The summed E-state index contributed by atoms with van der Waals surface area (Å²) >= 11 is 1.73. The van der Waals surface area contributed by atoms with Gasteiger partial charge in [-0.25, -0.2) is 9.97 Å². The number of aromatic nitrogens is 2. The average molecular weight is 346 g/mol. The highest BCUT2D eigenvalue weighted by atomic mass is 32.1. The number of piperidine rings is 1. The van der Waals surface area contributed by atoms with Crippen LogP contribution in [-0.2, 0) is 4.74 Å². The third-order valence-electron chi connectivity index (χ3n) is 5.49. The van der Waals surface area contributed by atoms with Gasteiger partial charge in [-0.15, -0.1) is 11.3 Å². The lowest BCUT2D eigenvalue weighted by Crippen LogP contribution is -2.38. The Labute approximate surface area is 148 Å². The van der Waals surface area contributed by atoms with Crippen molar-refractivity contribution in [2.24, 2.45) is 5.92 Å². The van der Waals surface area contributed by atoms with Gasteiger partial charge in [0.05, 0.1) is 11.5 Å². The fraction of sp³-hybridized carbons (Fsp3) is 0.684. The lowest BCUT2D eigenvalue weighted by atomic mass is 10.1.